The van der Waals surface area contributed by atoms with E-state index in [0.717, 1.165) is 0 Å². The lowest BCUT2D eigenvalue weighted by Gasteiger charge is -2.31. The Kier molecular flexibility index (Phi) is 5.79. The summed E-state index contributed by atoms with van der Waals surface area (Å²) in [5.41, 5.74) is 1.03. The van der Waals surface area contributed by atoms with Gasteiger partial charge in [0.1, 0.15) is 21.9 Å². The van der Waals surface area contributed by atoms with Crippen LogP contribution in [0.2, 0.25) is 0 Å². The summed E-state index contributed by atoms with van der Waals surface area (Å²) in [7, 11) is -0.830. The van der Waals surface area contributed by atoms with E-state index in [2.05, 4.69) is 20.3 Å². The molecule has 0 unspecified atom stereocenters. The minimum atomic E-state index is -3.87. The highest BCUT2D eigenvalue weighted by molar-refractivity contribution is 7.89. The van der Waals surface area contributed by atoms with Gasteiger partial charge in [0.2, 0.25) is 15.9 Å². The molecule has 1 N–H and O–H groups in total. The van der Waals surface area contributed by atoms with Crippen molar-refractivity contribution >= 4 is 32.7 Å². The summed E-state index contributed by atoms with van der Waals surface area (Å²) >= 11 is 0. The minimum Gasteiger partial charge on any atom is -0.497 e. The fourth-order valence-electron chi connectivity index (χ4n) is 3.64. The summed E-state index contributed by atoms with van der Waals surface area (Å²) < 4.78 is 43.0. The lowest BCUT2D eigenvalue weighted by atomic mass is 9.98. The highest BCUT2D eigenvalue weighted by atomic mass is 32.2. The second kappa shape index (κ2) is 8.52. The Morgan fingerprint density at radius 2 is 2.03 bits per heavy atom. The molecule has 0 saturated carbocycles. The molecule has 1 aliphatic heterocycles. The molecule has 4 rings (SSSR count). The molecule has 1 amide bonds. The Morgan fingerprint density at radius 3 is 2.81 bits per heavy atom. The quantitative estimate of drug-likeness (QED) is 0.612. The van der Waals surface area contributed by atoms with Gasteiger partial charge in [-0.3, -0.25) is 4.79 Å². The Morgan fingerprint density at radius 1 is 1.19 bits per heavy atom. The monoisotopic (exact) mass is 446 g/mol. The number of ether oxygens (including phenoxy) is 2. The molecule has 0 aliphatic carbocycles. The van der Waals surface area contributed by atoms with Gasteiger partial charge in [0.25, 0.3) is 0 Å². The number of fused-ring (bicyclic) bond motifs is 1. The second-order valence-corrected chi connectivity index (χ2v) is 9.05. The van der Waals surface area contributed by atoms with E-state index in [9.17, 15) is 13.2 Å². The van der Waals surface area contributed by atoms with E-state index in [1.165, 1.54) is 17.5 Å². The van der Waals surface area contributed by atoms with Crippen molar-refractivity contribution < 1.29 is 27.3 Å². The third-order valence-electron chi connectivity index (χ3n) is 5.29. The van der Waals surface area contributed by atoms with Crippen LogP contribution in [-0.2, 0) is 14.8 Å². The Bertz CT molecular complexity index is 1210. The largest absolute Gasteiger partial charge is 0.497 e. The van der Waals surface area contributed by atoms with E-state index < -0.39 is 15.9 Å². The number of anilines is 1. The van der Waals surface area contributed by atoms with E-state index in [0.29, 0.717) is 42.1 Å². The van der Waals surface area contributed by atoms with Crippen LogP contribution >= 0.6 is 0 Å². The van der Waals surface area contributed by atoms with Crippen LogP contribution in [0.3, 0.4) is 0 Å². The number of methoxy groups -OCH3 is 2. The van der Waals surface area contributed by atoms with Gasteiger partial charge in [0, 0.05) is 19.2 Å². The van der Waals surface area contributed by atoms with E-state index >= 15 is 0 Å². The van der Waals surface area contributed by atoms with Crippen LogP contribution in [0.25, 0.3) is 11.0 Å². The van der Waals surface area contributed by atoms with Gasteiger partial charge < -0.3 is 14.8 Å². The van der Waals surface area contributed by atoms with Gasteiger partial charge >= 0.3 is 0 Å². The Labute approximate surface area is 179 Å². The number of hydrogen-bond donors (Lipinski definition) is 1. The van der Waals surface area contributed by atoms with Crippen LogP contribution in [0.1, 0.15) is 12.8 Å². The van der Waals surface area contributed by atoms with E-state index in [-0.39, 0.29) is 22.9 Å². The van der Waals surface area contributed by atoms with Crippen LogP contribution in [0, 0.1) is 5.92 Å². The zero-order valence-electron chi connectivity index (χ0n) is 17.1. The maximum absolute atomic E-state index is 13.2. The molecule has 2 heterocycles. The molecule has 0 bridgehead atoms. The molecule has 11 heteroatoms. The number of hydrogen-bond acceptors (Lipinski definition) is 8. The molecule has 164 valence electrons. The molecular weight excluding hydrogens is 424 g/mol. The number of nitrogens with one attached hydrogen (secondary N) is 1. The SMILES string of the molecule is COc1ccc(NC(=O)[C@H]2CCCN(S(=O)(=O)c3cccc4nonc34)C2)c(OC)c1. The van der Waals surface area contributed by atoms with Crippen molar-refractivity contribution in [1.29, 1.82) is 0 Å². The maximum Gasteiger partial charge on any atom is 0.245 e. The summed E-state index contributed by atoms with van der Waals surface area (Å²) in [5, 5.41) is 10.3. The number of carbonyl (C=O) groups is 1. The van der Waals surface area contributed by atoms with Crippen LogP contribution in [-0.4, -0.2) is 56.3 Å². The molecule has 31 heavy (non-hydrogen) atoms. The summed E-state index contributed by atoms with van der Waals surface area (Å²) in [4.78, 5) is 12.9. The molecule has 10 nitrogen and oxygen atoms in total. The van der Waals surface area contributed by atoms with Gasteiger partial charge in [-0.15, -0.1) is 0 Å². The molecule has 1 aromatic heterocycles. The summed E-state index contributed by atoms with van der Waals surface area (Å²) in [5.74, 6) is 0.272. The van der Waals surface area contributed by atoms with Crippen molar-refractivity contribution in [2.45, 2.75) is 17.7 Å². The summed E-state index contributed by atoms with van der Waals surface area (Å²) in [6.07, 6.45) is 1.14. The van der Waals surface area contributed by atoms with Crippen LogP contribution in [0.15, 0.2) is 45.9 Å². The topological polar surface area (TPSA) is 124 Å². The van der Waals surface area contributed by atoms with Crippen LogP contribution < -0.4 is 14.8 Å². The zero-order valence-corrected chi connectivity index (χ0v) is 17.9. The number of amides is 1. The standard InChI is InChI=1S/C20H22N4O6S/c1-28-14-8-9-15(17(11-14)29-2)21-20(25)13-5-4-10-24(12-13)31(26,27)18-7-3-6-16-19(18)23-30-22-16/h3,6-9,11,13H,4-5,10,12H2,1-2H3,(H,21,25)/t13-/m0/s1. The van der Waals surface area contributed by atoms with E-state index in [4.69, 9.17) is 9.47 Å². The third-order valence-corrected chi connectivity index (χ3v) is 7.19. The average molecular weight is 446 g/mol. The number of rotatable bonds is 6. The van der Waals surface area contributed by atoms with Crippen LogP contribution in [0.5, 0.6) is 11.5 Å². The molecule has 1 saturated heterocycles. The number of nitrogens with zero attached hydrogens (tertiary/aromatic N) is 3. The normalized spacial score (nSPS) is 17.4. The first-order valence-corrected chi connectivity index (χ1v) is 11.1. The molecule has 1 atom stereocenters. The van der Waals surface area contributed by atoms with Crippen molar-refractivity contribution in [3.63, 3.8) is 0 Å². The number of piperidine rings is 1. The summed E-state index contributed by atoms with van der Waals surface area (Å²) in [6.45, 7) is 0.383. The zero-order chi connectivity index (χ0) is 22.0. The minimum absolute atomic E-state index is 0.0177. The van der Waals surface area contributed by atoms with Crippen molar-refractivity contribution in [1.82, 2.24) is 14.6 Å². The number of sulfonamides is 1. The third kappa shape index (κ3) is 4.06. The average Bonchev–Trinajstić information content (AvgIpc) is 3.28. The van der Waals surface area contributed by atoms with Gasteiger partial charge in [-0.1, -0.05) is 6.07 Å². The molecule has 3 aromatic rings. The smallest absolute Gasteiger partial charge is 0.245 e. The predicted molar refractivity (Wildman–Crippen MR) is 111 cm³/mol. The Hall–Kier alpha value is -3.18. The lowest BCUT2D eigenvalue weighted by Crippen LogP contribution is -2.43. The van der Waals surface area contributed by atoms with Crippen molar-refractivity contribution in [2.24, 2.45) is 5.92 Å². The highest BCUT2D eigenvalue weighted by Crippen LogP contribution is 2.31. The first kappa shape index (κ1) is 21.1. The predicted octanol–water partition coefficient (Wildman–Crippen LogP) is 2.28. The van der Waals surface area contributed by atoms with Gasteiger partial charge in [-0.2, -0.15) is 4.31 Å². The van der Waals surface area contributed by atoms with Gasteiger partial charge in [-0.05, 0) is 47.4 Å². The molecular formula is C20H22N4O6S. The molecule has 0 radical (unpaired) electrons. The van der Waals surface area contributed by atoms with Crippen molar-refractivity contribution in [3.8, 4) is 11.5 Å². The lowest BCUT2D eigenvalue weighted by molar-refractivity contribution is -0.120. The van der Waals surface area contributed by atoms with Gasteiger partial charge in [0.05, 0.1) is 25.8 Å². The van der Waals surface area contributed by atoms with Crippen LogP contribution in [0.4, 0.5) is 5.69 Å². The van der Waals surface area contributed by atoms with Gasteiger partial charge in [-0.25, -0.2) is 13.0 Å². The van der Waals surface area contributed by atoms with E-state index in [1.807, 2.05) is 0 Å². The van der Waals surface area contributed by atoms with Gasteiger partial charge in [0.15, 0.2) is 5.52 Å². The fraction of sp³-hybridized carbons (Fsp3) is 0.350. The highest BCUT2D eigenvalue weighted by Gasteiger charge is 2.35. The van der Waals surface area contributed by atoms with E-state index in [1.54, 1.807) is 37.4 Å². The first-order valence-electron chi connectivity index (χ1n) is 9.68. The Balaban J connectivity index is 1.53. The number of aromatic nitrogens is 2. The fourth-order valence-corrected chi connectivity index (χ4v) is 5.30. The first-order chi connectivity index (χ1) is 14.9. The number of benzene rings is 2. The second-order valence-electron chi connectivity index (χ2n) is 7.15. The number of carbonyl (C=O) groups excluding carboxylic acids is 1. The molecule has 1 aliphatic rings. The maximum atomic E-state index is 13.2. The molecule has 0 spiro atoms. The molecule has 2 aromatic carbocycles. The van der Waals surface area contributed by atoms with Crippen molar-refractivity contribution in [2.75, 3.05) is 32.6 Å². The molecule has 1 fully saturated rings. The summed E-state index contributed by atoms with van der Waals surface area (Å²) in [6, 6.07) is 9.74. The van der Waals surface area contributed by atoms with Crippen molar-refractivity contribution in [3.05, 3.63) is 36.4 Å².